The summed E-state index contributed by atoms with van der Waals surface area (Å²) in [5.41, 5.74) is 1.88. The van der Waals surface area contributed by atoms with Crippen molar-refractivity contribution in [2.24, 2.45) is 0 Å². The van der Waals surface area contributed by atoms with Gasteiger partial charge in [0, 0.05) is 53.4 Å². The van der Waals surface area contributed by atoms with E-state index < -0.39 is 11.9 Å². The van der Waals surface area contributed by atoms with E-state index in [1.807, 2.05) is 6.07 Å². The van der Waals surface area contributed by atoms with Gasteiger partial charge in [-0.2, -0.15) is 13.2 Å². The van der Waals surface area contributed by atoms with Crippen LogP contribution in [0.15, 0.2) is 67.9 Å². The zero-order chi connectivity index (χ0) is 21.8. The molecule has 0 aromatic carbocycles. The Balaban J connectivity index is 1.40. The summed E-state index contributed by atoms with van der Waals surface area (Å²) in [4.78, 5) is 32.1. The quantitative estimate of drug-likeness (QED) is 0.470. The number of halogens is 3. The lowest BCUT2D eigenvalue weighted by atomic mass is 10.1. The summed E-state index contributed by atoms with van der Waals surface area (Å²) in [7, 11) is 0. The molecule has 0 unspecified atom stereocenters. The lowest BCUT2D eigenvalue weighted by Gasteiger charge is -2.06. The normalized spacial score (nSPS) is 11.5. The minimum atomic E-state index is -4.54. The van der Waals surface area contributed by atoms with Crippen LogP contribution in [0.1, 0.15) is 11.4 Å². The van der Waals surface area contributed by atoms with Gasteiger partial charge in [0.2, 0.25) is 0 Å². The summed E-state index contributed by atoms with van der Waals surface area (Å²) >= 11 is 0. The second-order valence-corrected chi connectivity index (χ2v) is 6.74. The number of carbonyl (C=O) groups is 1. The van der Waals surface area contributed by atoms with E-state index in [4.69, 9.17) is 0 Å². The van der Waals surface area contributed by atoms with E-state index >= 15 is 0 Å². The molecular formula is C21H15F3N6O. The van der Waals surface area contributed by atoms with E-state index in [0.717, 1.165) is 23.4 Å². The molecule has 0 atom stereocenters. The number of carbonyl (C=O) groups excluding carboxylic acids is 1. The highest BCUT2D eigenvalue weighted by atomic mass is 19.4. The maximum absolute atomic E-state index is 12.8. The maximum Gasteiger partial charge on any atom is 0.433 e. The van der Waals surface area contributed by atoms with Crippen molar-refractivity contribution in [1.82, 2.24) is 29.5 Å². The highest BCUT2D eigenvalue weighted by molar-refractivity contribution is 5.80. The van der Waals surface area contributed by atoms with Crippen LogP contribution in [0.4, 0.5) is 13.2 Å². The number of alkyl halides is 3. The van der Waals surface area contributed by atoms with Crippen LogP contribution in [0.5, 0.6) is 0 Å². The minimum absolute atomic E-state index is 0.0279. The van der Waals surface area contributed by atoms with Crippen molar-refractivity contribution in [2.75, 3.05) is 0 Å². The van der Waals surface area contributed by atoms with Gasteiger partial charge in [0.1, 0.15) is 12.0 Å². The summed E-state index contributed by atoms with van der Waals surface area (Å²) in [6.45, 7) is 0.0279. The average molecular weight is 424 g/mol. The van der Waals surface area contributed by atoms with Gasteiger partial charge in [-0.05, 0) is 18.2 Å². The monoisotopic (exact) mass is 424 g/mol. The Kier molecular flexibility index (Phi) is 5.52. The molecule has 7 nitrogen and oxygen atoms in total. The molecule has 156 valence electrons. The fraction of sp³-hybridized carbons (Fsp3) is 0.143. The van der Waals surface area contributed by atoms with Crippen LogP contribution in [0.2, 0.25) is 0 Å². The predicted octanol–water partition coefficient (Wildman–Crippen LogP) is 3.63. The minimum Gasteiger partial charge on any atom is -0.329 e. The zero-order valence-corrected chi connectivity index (χ0v) is 16.0. The highest BCUT2D eigenvalue weighted by Gasteiger charge is 2.32. The van der Waals surface area contributed by atoms with Crippen molar-refractivity contribution in [3.8, 4) is 22.4 Å². The molecule has 31 heavy (non-hydrogen) atoms. The van der Waals surface area contributed by atoms with Crippen molar-refractivity contribution >= 4 is 5.78 Å². The largest absolute Gasteiger partial charge is 0.433 e. The van der Waals surface area contributed by atoms with Gasteiger partial charge in [0.25, 0.3) is 0 Å². The highest BCUT2D eigenvalue weighted by Crippen LogP contribution is 2.30. The molecule has 4 heterocycles. The number of hydrogen-bond acceptors (Lipinski definition) is 6. The number of imidazole rings is 1. The standard InChI is InChI=1S/C21H15F3N6O/c22-21(23,24)20-5-14(3-4-27-20)19-11-30(13-29-19)10-18(31)6-17-2-1-15(9-28-17)16-7-25-12-26-8-16/h1-5,7-9,11-13H,6,10H2. The molecule has 0 bridgehead atoms. The molecule has 0 saturated carbocycles. The zero-order valence-electron chi connectivity index (χ0n) is 16.0. The van der Waals surface area contributed by atoms with E-state index in [1.165, 1.54) is 29.5 Å². The molecule has 0 spiro atoms. The fourth-order valence-electron chi connectivity index (χ4n) is 2.95. The number of rotatable bonds is 6. The summed E-state index contributed by atoms with van der Waals surface area (Å²) < 4.78 is 40.1. The summed E-state index contributed by atoms with van der Waals surface area (Å²) in [5.74, 6) is -0.113. The van der Waals surface area contributed by atoms with Gasteiger partial charge in [0.05, 0.1) is 25.0 Å². The third-order valence-corrected chi connectivity index (χ3v) is 4.44. The number of aromatic nitrogens is 6. The SMILES string of the molecule is O=C(Cc1ccc(-c2cncnc2)cn1)Cn1cnc(-c2ccnc(C(F)(F)F)c2)c1. The van der Waals surface area contributed by atoms with Gasteiger partial charge < -0.3 is 4.57 Å². The van der Waals surface area contributed by atoms with Crippen LogP contribution < -0.4 is 0 Å². The molecule has 4 rings (SSSR count). The third-order valence-electron chi connectivity index (χ3n) is 4.44. The Morgan fingerprint density at radius 3 is 2.45 bits per heavy atom. The molecule has 10 heteroatoms. The summed E-state index contributed by atoms with van der Waals surface area (Å²) in [6, 6.07) is 5.96. The molecule has 0 aliphatic rings. The molecule has 0 aliphatic heterocycles. The number of Topliss-reactive ketones (excluding diaryl/α,β-unsaturated/α-hetero) is 1. The molecule has 4 aromatic rings. The second-order valence-electron chi connectivity index (χ2n) is 6.74. The smallest absolute Gasteiger partial charge is 0.329 e. The number of nitrogens with zero attached hydrogens (tertiary/aromatic N) is 6. The van der Waals surface area contributed by atoms with E-state index in [-0.39, 0.29) is 24.3 Å². The Hall–Kier alpha value is -3.95. The van der Waals surface area contributed by atoms with E-state index in [2.05, 4.69) is 24.9 Å². The van der Waals surface area contributed by atoms with Crippen molar-refractivity contribution in [2.45, 2.75) is 19.1 Å². The molecule has 0 radical (unpaired) electrons. The van der Waals surface area contributed by atoms with Crippen LogP contribution in [0.3, 0.4) is 0 Å². The van der Waals surface area contributed by atoms with E-state index in [1.54, 1.807) is 24.7 Å². The van der Waals surface area contributed by atoms with Crippen molar-refractivity contribution < 1.29 is 18.0 Å². The third kappa shape index (κ3) is 4.97. The van der Waals surface area contributed by atoms with Gasteiger partial charge >= 0.3 is 6.18 Å². The Labute approximate surface area is 174 Å². The fourth-order valence-corrected chi connectivity index (χ4v) is 2.95. The second kappa shape index (κ2) is 8.42. The molecule has 0 amide bonds. The topological polar surface area (TPSA) is 86.5 Å². The van der Waals surface area contributed by atoms with Gasteiger partial charge in [-0.3, -0.25) is 14.8 Å². The predicted molar refractivity (Wildman–Crippen MR) is 104 cm³/mol. The Morgan fingerprint density at radius 2 is 1.74 bits per heavy atom. The number of pyridine rings is 2. The Bertz CT molecular complexity index is 1190. The van der Waals surface area contributed by atoms with Crippen molar-refractivity contribution in [3.63, 3.8) is 0 Å². The van der Waals surface area contributed by atoms with Gasteiger partial charge in [-0.25, -0.2) is 15.0 Å². The summed E-state index contributed by atoms with van der Waals surface area (Å²) in [5, 5.41) is 0. The average Bonchev–Trinajstić information content (AvgIpc) is 3.23. The van der Waals surface area contributed by atoms with Gasteiger partial charge in [-0.15, -0.1) is 0 Å². The first kappa shape index (κ1) is 20.3. The van der Waals surface area contributed by atoms with Crippen molar-refractivity contribution in [1.29, 1.82) is 0 Å². The number of ketones is 1. The first-order valence-corrected chi connectivity index (χ1v) is 9.16. The van der Waals surface area contributed by atoms with Crippen LogP contribution in [0.25, 0.3) is 22.4 Å². The van der Waals surface area contributed by atoms with Crippen molar-refractivity contribution in [3.05, 3.63) is 79.3 Å². The molecule has 0 fully saturated rings. The molecule has 0 saturated heterocycles. The molecule has 0 aliphatic carbocycles. The van der Waals surface area contributed by atoms with Crippen LogP contribution in [0, 0.1) is 0 Å². The lowest BCUT2D eigenvalue weighted by Crippen LogP contribution is -2.12. The first-order valence-electron chi connectivity index (χ1n) is 9.16. The Morgan fingerprint density at radius 1 is 0.935 bits per heavy atom. The van der Waals surface area contributed by atoms with Gasteiger partial charge in [-0.1, -0.05) is 6.07 Å². The summed E-state index contributed by atoms with van der Waals surface area (Å²) in [6.07, 6.45) is 6.04. The first-order chi connectivity index (χ1) is 14.9. The molecular weight excluding hydrogens is 409 g/mol. The van der Waals surface area contributed by atoms with Gasteiger partial charge in [0.15, 0.2) is 5.78 Å². The number of hydrogen-bond donors (Lipinski definition) is 0. The lowest BCUT2D eigenvalue weighted by molar-refractivity contribution is -0.141. The molecule has 4 aromatic heterocycles. The van der Waals surface area contributed by atoms with Crippen LogP contribution in [-0.2, 0) is 23.9 Å². The van der Waals surface area contributed by atoms with Crippen LogP contribution in [-0.4, -0.2) is 35.3 Å². The molecule has 0 N–H and O–H groups in total. The maximum atomic E-state index is 12.8. The van der Waals surface area contributed by atoms with E-state index in [9.17, 15) is 18.0 Å². The van der Waals surface area contributed by atoms with E-state index in [0.29, 0.717) is 11.4 Å². The van der Waals surface area contributed by atoms with Crippen LogP contribution >= 0.6 is 0 Å².